The van der Waals surface area contributed by atoms with Gasteiger partial charge in [0, 0.05) is 6.07 Å². The first-order valence-electron chi connectivity index (χ1n) is 6.92. The van der Waals surface area contributed by atoms with Crippen LogP contribution >= 0.6 is 0 Å². The average Bonchev–Trinajstić information content (AvgIpc) is 2.58. The Morgan fingerprint density at radius 3 is 2.55 bits per heavy atom. The molecule has 0 aliphatic carbocycles. The van der Waals surface area contributed by atoms with Crippen LogP contribution in [0, 0.1) is 0 Å². The zero-order valence-corrected chi connectivity index (χ0v) is 12.7. The molecule has 0 heterocycles. The van der Waals surface area contributed by atoms with E-state index >= 15 is 0 Å². The highest BCUT2D eigenvalue weighted by molar-refractivity contribution is 5.96. The van der Waals surface area contributed by atoms with Crippen molar-refractivity contribution < 1.29 is 19.0 Å². The number of amides is 1. The Labute approximate surface area is 129 Å². The van der Waals surface area contributed by atoms with E-state index in [1.165, 1.54) is 7.11 Å². The SMILES string of the molecule is COc1cccc(OCCNC(=O)c2ccccc2OC)c1. The van der Waals surface area contributed by atoms with E-state index in [9.17, 15) is 4.79 Å². The van der Waals surface area contributed by atoms with Crippen LogP contribution in [0.1, 0.15) is 10.4 Å². The number of carbonyl (C=O) groups excluding carboxylic acids is 1. The summed E-state index contributed by atoms with van der Waals surface area (Å²) in [6.45, 7) is 0.766. The molecule has 0 atom stereocenters. The van der Waals surface area contributed by atoms with Crippen LogP contribution in [0.4, 0.5) is 0 Å². The van der Waals surface area contributed by atoms with Gasteiger partial charge in [0.1, 0.15) is 23.9 Å². The lowest BCUT2D eigenvalue weighted by atomic mass is 10.2. The molecule has 0 aliphatic heterocycles. The molecule has 2 aromatic carbocycles. The van der Waals surface area contributed by atoms with Gasteiger partial charge in [-0.25, -0.2) is 0 Å². The highest BCUT2D eigenvalue weighted by Gasteiger charge is 2.10. The summed E-state index contributed by atoms with van der Waals surface area (Å²) in [5.74, 6) is 1.79. The second-order valence-electron chi connectivity index (χ2n) is 4.48. The number of hydrogen-bond acceptors (Lipinski definition) is 4. The van der Waals surface area contributed by atoms with E-state index in [-0.39, 0.29) is 5.91 Å². The lowest BCUT2D eigenvalue weighted by Crippen LogP contribution is -2.28. The Kier molecular flexibility index (Phi) is 5.65. The minimum atomic E-state index is -0.188. The van der Waals surface area contributed by atoms with Gasteiger partial charge < -0.3 is 19.5 Å². The number of methoxy groups -OCH3 is 2. The molecule has 22 heavy (non-hydrogen) atoms. The lowest BCUT2D eigenvalue weighted by molar-refractivity contribution is 0.0944. The summed E-state index contributed by atoms with van der Waals surface area (Å²) in [7, 11) is 3.14. The summed E-state index contributed by atoms with van der Waals surface area (Å²) in [6.07, 6.45) is 0. The first-order chi connectivity index (χ1) is 10.7. The summed E-state index contributed by atoms with van der Waals surface area (Å²) in [4.78, 5) is 12.1. The number of nitrogens with one attached hydrogen (secondary N) is 1. The van der Waals surface area contributed by atoms with Crippen LogP contribution in [0.25, 0.3) is 0 Å². The minimum Gasteiger partial charge on any atom is -0.497 e. The van der Waals surface area contributed by atoms with Crippen molar-refractivity contribution in [1.29, 1.82) is 0 Å². The molecule has 116 valence electrons. The molecule has 5 nitrogen and oxygen atoms in total. The number of carbonyl (C=O) groups is 1. The van der Waals surface area contributed by atoms with E-state index in [1.54, 1.807) is 31.4 Å². The van der Waals surface area contributed by atoms with Crippen LogP contribution in [-0.2, 0) is 0 Å². The lowest BCUT2D eigenvalue weighted by Gasteiger charge is -2.10. The maximum absolute atomic E-state index is 12.1. The van der Waals surface area contributed by atoms with Gasteiger partial charge >= 0.3 is 0 Å². The van der Waals surface area contributed by atoms with Gasteiger partial charge in [0.25, 0.3) is 5.91 Å². The quantitative estimate of drug-likeness (QED) is 0.798. The standard InChI is InChI=1S/C17H19NO4/c1-20-13-6-5-7-14(12-13)22-11-10-18-17(19)15-8-3-4-9-16(15)21-2/h3-9,12H,10-11H2,1-2H3,(H,18,19). The van der Waals surface area contributed by atoms with E-state index < -0.39 is 0 Å². The Balaban J connectivity index is 1.82. The molecule has 0 bridgehead atoms. The minimum absolute atomic E-state index is 0.188. The van der Waals surface area contributed by atoms with E-state index in [0.29, 0.717) is 30.2 Å². The number of rotatable bonds is 7. The summed E-state index contributed by atoms with van der Waals surface area (Å²) >= 11 is 0. The van der Waals surface area contributed by atoms with E-state index in [1.807, 2.05) is 24.3 Å². The van der Waals surface area contributed by atoms with Crippen molar-refractivity contribution in [2.75, 3.05) is 27.4 Å². The van der Waals surface area contributed by atoms with Gasteiger partial charge in [-0.05, 0) is 24.3 Å². The first-order valence-corrected chi connectivity index (χ1v) is 6.92. The molecular weight excluding hydrogens is 282 g/mol. The summed E-state index contributed by atoms with van der Waals surface area (Å²) in [5.41, 5.74) is 0.506. The zero-order valence-electron chi connectivity index (χ0n) is 12.7. The molecule has 0 radical (unpaired) electrons. The largest absolute Gasteiger partial charge is 0.497 e. The van der Waals surface area contributed by atoms with Crippen molar-refractivity contribution in [2.24, 2.45) is 0 Å². The molecule has 0 fully saturated rings. The van der Waals surface area contributed by atoms with Crippen molar-refractivity contribution >= 4 is 5.91 Å². The maximum atomic E-state index is 12.1. The monoisotopic (exact) mass is 301 g/mol. The Bertz CT molecular complexity index is 628. The predicted octanol–water partition coefficient (Wildman–Crippen LogP) is 2.51. The fourth-order valence-electron chi connectivity index (χ4n) is 1.95. The normalized spacial score (nSPS) is 9.91. The summed E-state index contributed by atoms with van der Waals surface area (Å²) in [5, 5.41) is 2.80. The second kappa shape index (κ2) is 7.93. The Morgan fingerprint density at radius 1 is 1.00 bits per heavy atom. The molecule has 0 unspecified atom stereocenters. The van der Waals surface area contributed by atoms with Crippen LogP contribution in [0.5, 0.6) is 17.2 Å². The van der Waals surface area contributed by atoms with Crippen molar-refractivity contribution in [1.82, 2.24) is 5.32 Å². The fraction of sp³-hybridized carbons (Fsp3) is 0.235. The average molecular weight is 301 g/mol. The van der Waals surface area contributed by atoms with Gasteiger partial charge in [0.2, 0.25) is 0 Å². The molecule has 0 spiro atoms. The molecule has 2 rings (SSSR count). The fourth-order valence-corrected chi connectivity index (χ4v) is 1.95. The number of ether oxygens (including phenoxy) is 3. The van der Waals surface area contributed by atoms with E-state index in [2.05, 4.69) is 5.32 Å². The topological polar surface area (TPSA) is 56.8 Å². The van der Waals surface area contributed by atoms with Gasteiger partial charge in [-0.3, -0.25) is 4.79 Å². The van der Waals surface area contributed by atoms with Crippen molar-refractivity contribution in [3.8, 4) is 17.2 Å². The first kappa shape index (κ1) is 15.7. The van der Waals surface area contributed by atoms with Gasteiger partial charge in [-0.2, -0.15) is 0 Å². The van der Waals surface area contributed by atoms with Crippen molar-refractivity contribution in [3.05, 3.63) is 54.1 Å². The van der Waals surface area contributed by atoms with Crippen LogP contribution in [0.3, 0.4) is 0 Å². The number of benzene rings is 2. The molecule has 0 aliphatic rings. The van der Waals surface area contributed by atoms with Crippen LogP contribution in [0.2, 0.25) is 0 Å². The van der Waals surface area contributed by atoms with E-state index in [0.717, 1.165) is 5.75 Å². The predicted molar refractivity (Wildman–Crippen MR) is 83.8 cm³/mol. The highest BCUT2D eigenvalue weighted by atomic mass is 16.5. The molecule has 0 aromatic heterocycles. The van der Waals surface area contributed by atoms with Crippen LogP contribution in [-0.4, -0.2) is 33.3 Å². The molecule has 0 saturated heterocycles. The molecule has 1 N–H and O–H groups in total. The van der Waals surface area contributed by atoms with E-state index in [4.69, 9.17) is 14.2 Å². The van der Waals surface area contributed by atoms with Crippen molar-refractivity contribution in [3.63, 3.8) is 0 Å². The van der Waals surface area contributed by atoms with Gasteiger partial charge in [0.05, 0.1) is 26.3 Å². The molecular formula is C17H19NO4. The molecule has 0 saturated carbocycles. The number of hydrogen-bond donors (Lipinski definition) is 1. The third kappa shape index (κ3) is 4.15. The molecule has 2 aromatic rings. The smallest absolute Gasteiger partial charge is 0.255 e. The van der Waals surface area contributed by atoms with Crippen molar-refractivity contribution in [2.45, 2.75) is 0 Å². The van der Waals surface area contributed by atoms with Crippen LogP contribution in [0.15, 0.2) is 48.5 Å². The third-order valence-corrected chi connectivity index (χ3v) is 3.05. The zero-order chi connectivity index (χ0) is 15.8. The van der Waals surface area contributed by atoms with Gasteiger partial charge in [0.15, 0.2) is 0 Å². The summed E-state index contributed by atoms with van der Waals surface area (Å²) in [6, 6.07) is 14.4. The Morgan fingerprint density at radius 2 is 1.77 bits per heavy atom. The molecule has 5 heteroatoms. The third-order valence-electron chi connectivity index (χ3n) is 3.05. The highest BCUT2D eigenvalue weighted by Crippen LogP contribution is 2.19. The summed E-state index contributed by atoms with van der Waals surface area (Å²) < 4.78 is 15.8. The maximum Gasteiger partial charge on any atom is 0.255 e. The van der Waals surface area contributed by atoms with Gasteiger partial charge in [-0.1, -0.05) is 18.2 Å². The van der Waals surface area contributed by atoms with Gasteiger partial charge in [-0.15, -0.1) is 0 Å². The number of para-hydroxylation sites is 1. The Hall–Kier alpha value is -2.69. The second-order valence-corrected chi connectivity index (χ2v) is 4.48. The van der Waals surface area contributed by atoms with Crippen LogP contribution < -0.4 is 19.5 Å². The molecule has 1 amide bonds.